The van der Waals surface area contributed by atoms with Crippen molar-refractivity contribution in [2.45, 2.75) is 13.3 Å². The van der Waals surface area contributed by atoms with E-state index >= 15 is 0 Å². The molecule has 1 aromatic carbocycles. The van der Waals surface area contributed by atoms with Gasteiger partial charge in [0.15, 0.2) is 0 Å². The number of nitrogens with zero attached hydrogens (tertiary/aromatic N) is 3. The summed E-state index contributed by atoms with van der Waals surface area (Å²) in [6.45, 7) is 2.09. The highest BCUT2D eigenvalue weighted by atomic mass is 14.9. The molecule has 102 valence electrons. The Hall–Kier alpha value is -2.93. The molecule has 0 unspecified atom stereocenters. The number of imidazole rings is 1. The molecule has 4 nitrogen and oxygen atoms in total. The van der Waals surface area contributed by atoms with Gasteiger partial charge in [-0.25, -0.2) is 4.98 Å². The summed E-state index contributed by atoms with van der Waals surface area (Å²) in [5.74, 6) is 0.815. The Morgan fingerprint density at radius 2 is 1.95 bits per heavy atom. The summed E-state index contributed by atoms with van der Waals surface area (Å²) in [5, 5.41) is 8.85. The maximum atomic E-state index is 8.85. The molecule has 0 fully saturated rings. The van der Waals surface area contributed by atoms with Crippen molar-refractivity contribution in [3.8, 4) is 28.7 Å². The predicted molar refractivity (Wildman–Crippen MR) is 81.3 cm³/mol. The van der Waals surface area contributed by atoms with E-state index < -0.39 is 0 Å². The van der Waals surface area contributed by atoms with Crippen molar-refractivity contribution in [2.75, 3.05) is 0 Å². The fourth-order valence-corrected chi connectivity index (χ4v) is 2.25. The quantitative estimate of drug-likeness (QED) is 0.794. The number of hydrogen-bond donors (Lipinski definition) is 1. The summed E-state index contributed by atoms with van der Waals surface area (Å²) in [5.41, 5.74) is 4.64. The van der Waals surface area contributed by atoms with E-state index in [9.17, 15) is 0 Å². The predicted octanol–water partition coefficient (Wildman–Crippen LogP) is 3.57. The first kappa shape index (κ1) is 13.1. The van der Waals surface area contributed by atoms with Gasteiger partial charge in [-0.1, -0.05) is 6.92 Å². The van der Waals surface area contributed by atoms with Crippen molar-refractivity contribution < 1.29 is 0 Å². The molecule has 0 aliphatic carbocycles. The van der Waals surface area contributed by atoms with E-state index in [-0.39, 0.29) is 0 Å². The van der Waals surface area contributed by atoms with Gasteiger partial charge in [-0.3, -0.25) is 4.98 Å². The summed E-state index contributed by atoms with van der Waals surface area (Å²) in [7, 11) is 0. The van der Waals surface area contributed by atoms with Gasteiger partial charge in [0.2, 0.25) is 0 Å². The lowest BCUT2D eigenvalue weighted by Crippen LogP contribution is -1.86. The molecule has 0 atom stereocenters. The maximum Gasteiger partial charge on any atom is 0.138 e. The summed E-state index contributed by atoms with van der Waals surface area (Å²) in [6.07, 6.45) is 4.44. The average molecular weight is 274 g/mol. The van der Waals surface area contributed by atoms with Gasteiger partial charge in [0.25, 0.3) is 0 Å². The minimum atomic E-state index is 0.647. The summed E-state index contributed by atoms with van der Waals surface area (Å²) in [4.78, 5) is 12.2. The van der Waals surface area contributed by atoms with Crippen LogP contribution < -0.4 is 0 Å². The highest BCUT2D eigenvalue weighted by molar-refractivity contribution is 5.67. The van der Waals surface area contributed by atoms with E-state index in [1.807, 2.05) is 30.5 Å². The standard InChI is InChI=1S/C17H14N4/c1-2-15-16(14-4-3-9-19-11-14)21-17(20-15)13-7-5-12(10-18)6-8-13/h3-9,11H,2H2,1H3,(H,20,21). The van der Waals surface area contributed by atoms with Crippen molar-refractivity contribution in [2.24, 2.45) is 0 Å². The van der Waals surface area contributed by atoms with Crippen molar-refractivity contribution in [3.63, 3.8) is 0 Å². The van der Waals surface area contributed by atoms with Crippen LogP contribution in [0.25, 0.3) is 22.6 Å². The Kier molecular flexibility index (Phi) is 3.48. The third-order valence-electron chi connectivity index (χ3n) is 3.35. The van der Waals surface area contributed by atoms with E-state index in [4.69, 9.17) is 10.2 Å². The first-order valence-corrected chi connectivity index (χ1v) is 6.81. The molecule has 2 aromatic heterocycles. The molecule has 21 heavy (non-hydrogen) atoms. The van der Waals surface area contributed by atoms with Crippen molar-refractivity contribution in [3.05, 3.63) is 60.0 Å². The molecule has 4 heteroatoms. The number of H-pyrrole nitrogens is 1. The van der Waals surface area contributed by atoms with Gasteiger partial charge >= 0.3 is 0 Å². The van der Waals surface area contributed by atoms with Gasteiger partial charge in [-0.15, -0.1) is 0 Å². The fourth-order valence-electron chi connectivity index (χ4n) is 2.25. The number of aromatic nitrogens is 3. The van der Waals surface area contributed by atoms with Gasteiger partial charge in [-0.05, 0) is 42.8 Å². The summed E-state index contributed by atoms with van der Waals surface area (Å²) < 4.78 is 0. The number of rotatable bonds is 3. The minimum Gasteiger partial charge on any atom is -0.341 e. The van der Waals surface area contributed by atoms with E-state index in [0.717, 1.165) is 34.8 Å². The molecule has 0 saturated carbocycles. The van der Waals surface area contributed by atoms with Crippen molar-refractivity contribution >= 4 is 0 Å². The van der Waals surface area contributed by atoms with Crippen molar-refractivity contribution in [1.82, 2.24) is 15.0 Å². The topological polar surface area (TPSA) is 65.4 Å². The summed E-state index contributed by atoms with van der Waals surface area (Å²) >= 11 is 0. The fraction of sp³-hybridized carbons (Fsp3) is 0.118. The van der Waals surface area contributed by atoms with Gasteiger partial charge < -0.3 is 4.98 Å². The second kappa shape index (κ2) is 5.59. The monoisotopic (exact) mass is 274 g/mol. The molecule has 0 aliphatic heterocycles. The Balaban J connectivity index is 2.05. The maximum absolute atomic E-state index is 8.85. The van der Waals surface area contributed by atoms with Gasteiger partial charge in [0.05, 0.1) is 17.3 Å². The SMILES string of the molecule is CCc1[nH]c(-c2ccc(C#N)cc2)nc1-c1cccnc1. The molecule has 2 heterocycles. The van der Waals surface area contributed by atoms with Gasteiger partial charge in [-0.2, -0.15) is 5.26 Å². The van der Waals surface area contributed by atoms with Crippen LogP contribution in [0.15, 0.2) is 48.8 Å². The zero-order valence-electron chi connectivity index (χ0n) is 11.7. The second-order valence-electron chi connectivity index (χ2n) is 4.70. The Morgan fingerprint density at radius 1 is 1.14 bits per heavy atom. The highest BCUT2D eigenvalue weighted by Gasteiger charge is 2.12. The molecule has 0 spiro atoms. The lowest BCUT2D eigenvalue weighted by molar-refractivity contribution is 1.07. The van der Waals surface area contributed by atoms with Crippen molar-refractivity contribution in [1.29, 1.82) is 5.26 Å². The molecular weight excluding hydrogens is 260 g/mol. The number of hydrogen-bond acceptors (Lipinski definition) is 3. The third kappa shape index (κ3) is 2.54. The summed E-state index contributed by atoms with van der Waals surface area (Å²) in [6, 6.07) is 13.4. The largest absolute Gasteiger partial charge is 0.341 e. The van der Waals surface area contributed by atoms with Crippen LogP contribution in [-0.2, 0) is 6.42 Å². The van der Waals surface area contributed by atoms with E-state index in [1.54, 1.807) is 18.3 Å². The highest BCUT2D eigenvalue weighted by Crippen LogP contribution is 2.26. The first-order chi connectivity index (χ1) is 10.3. The van der Waals surface area contributed by atoms with Crippen LogP contribution >= 0.6 is 0 Å². The van der Waals surface area contributed by atoms with Crippen LogP contribution in [0, 0.1) is 11.3 Å². The first-order valence-electron chi connectivity index (χ1n) is 6.81. The number of aryl methyl sites for hydroxylation is 1. The van der Waals surface area contributed by atoms with Crippen LogP contribution in [0.5, 0.6) is 0 Å². The lowest BCUT2D eigenvalue weighted by atomic mass is 10.1. The van der Waals surface area contributed by atoms with E-state index in [2.05, 4.69) is 23.0 Å². The Bertz CT molecular complexity index is 780. The van der Waals surface area contributed by atoms with Crippen LogP contribution in [0.1, 0.15) is 18.2 Å². The number of pyridine rings is 1. The number of nitriles is 1. The van der Waals surface area contributed by atoms with Gasteiger partial charge in [0, 0.05) is 29.2 Å². The molecular formula is C17H14N4. The molecule has 1 N–H and O–H groups in total. The van der Waals surface area contributed by atoms with Gasteiger partial charge in [0.1, 0.15) is 5.82 Å². The van der Waals surface area contributed by atoms with E-state index in [0.29, 0.717) is 5.56 Å². The van der Waals surface area contributed by atoms with Crippen LogP contribution in [0.2, 0.25) is 0 Å². The van der Waals surface area contributed by atoms with Crippen LogP contribution in [0.3, 0.4) is 0 Å². The molecule has 0 amide bonds. The Morgan fingerprint density at radius 3 is 2.57 bits per heavy atom. The zero-order chi connectivity index (χ0) is 14.7. The molecule has 0 aliphatic rings. The average Bonchev–Trinajstić information content (AvgIpc) is 3.00. The van der Waals surface area contributed by atoms with Crippen LogP contribution in [0.4, 0.5) is 0 Å². The Labute approximate surface area is 123 Å². The smallest absolute Gasteiger partial charge is 0.138 e. The number of aromatic amines is 1. The minimum absolute atomic E-state index is 0.647. The number of benzene rings is 1. The normalized spacial score (nSPS) is 10.3. The molecule has 0 radical (unpaired) electrons. The molecule has 3 aromatic rings. The lowest BCUT2D eigenvalue weighted by Gasteiger charge is -1.98. The second-order valence-corrected chi connectivity index (χ2v) is 4.70. The molecule has 0 saturated heterocycles. The zero-order valence-corrected chi connectivity index (χ0v) is 11.7. The van der Waals surface area contributed by atoms with Crippen LogP contribution in [-0.4, -0.2) is 15.0 Å². The molecule has 3 rings (SSSR count). The third-order valence-corrected chi connectivity index (χ3v) is 3.35. The van der Waals surface area contributed by atoms with E-state index in [1.165, 1.54) is 0 Å². The molecule has 0 bridgehead atoms. The number of nitrogens with one attached hydrogen (secondary N) is 1.